The molecule has 0 saturated heterocycles. The lowest BCUT2D eigenvalue weighted by molar-refractivity contribution is -0.115. The second-order valence-electron chi connectivity index (χ2n) is 5.45. The largest absolute Gasteiger partial charge is 0.360 e. The number of carbonyl (C=O) groups is 1. The highest BCUT2D eigenvalue weighted by molar-refractivity contribution is 8.01. The van der Waals surface area contributed by atoms with Gasteiger partial charge in [0.2, 0.25) is 11.0 Å². The summed E-state index contributed by atoms with van der Waals surface area (Å²) in [6, 6.07) is 9.02. The van der Waals surface area contributed by atoms with Crippen molar-refractivity contribution in [2.24, 2.45) is 5.92 Å². The van der Waals surface area contributed by atoms with Crippen molar-refractivity contribution in [2.75, 3.05) is 22.9 Å². The molecule has 0 bridgehead atoms. The van der Waals surface area contributed by atoms with E-state index in [0.717, 1.165) is 16.0 Å². The number of hydrogen-bond acceptors (Lipinski definition) is 7. The molecule has 0 spiro atoms. The molecule has 0 atom stereocenters. The first-order valence-electron chi connectivity index (χ1n) is 7.57. The maximum Gasteiger partial charge on any atom is 0.225 e. The number of nitrogens with one attached hydrogen (secondary N) is 2. The van der Waals surface area contributed by atoms with Crippen molar-refractivity contribution in [3.63, 3.8) is 0 Å². The van der Waals surface area contributed by atoms with Crippen LogP contribution in [0.2, 0.25) is 0 Å². The van der Waals surface area contributed by atoms with E-state index >= 15 is 0 Å². The second-order valence-corrected chi connectivity index (χ2v) is 7.77. The summed E-state index contributed by atoms with van der Waals surface area (Å²) >= 11 is 2.99. The first kappa shape index (κ1) is 18.2. The zero-order valence-corrected chi connectivity index (χ0v) is 15.2. The minimum atomic E-state index is -0.118. The molecule has 0 aliphatic rings. The molecule has 2 N–H and O–H groups in total. The van der Waals surface area contributed by atoms with Crippen LogP contribution in [-0.2, 0) is 4.79 Å². The monoisotopic (exact) mass is 361 g/mol. The van der Waals surface area contributed by atoms with Gasteiger partial charge >= 0.3 is 0 Å². The third kappa shape index (κ3) is 5.83. The first-order chi connectivity index (χ1) is 11.6. The Labute approximate surface area is 149 Å². The Kier molecular flexibility index (Phi) is 7.03. The summed E-state index contributed by atoms with van der Waals surface area (Å²) in [5.74, 6) is 1.04. The zero-order valence-electron chi connectivity index (χ0n) is 13.6. The van der Waals surface area contributed by atoms with Crippen molar-refractivity contribution in [3.05, 3.63) is 29.8 Å². The number of nitrogens with zero attached hydrogens (tertiary/aromatic N) is 3. The molecule has 0 aliphatic carbocycles. The summed E-state index contributed by atoms with van der Waals surface area (Å²) in [6.45, 7) is 5.12. The Morgan fingerprint density at radius 3 is 2.92 bits per heavy atom. The van der Waals surface area contributed by atoms with E-state index in [1.54, 1.807) is 24.3 Å². The smallest absolute Gasteiger partial charge is 0.225 e. The van der Waals surface area contributed by atoms with E-state index < -0.39 is 0 Å². The lowest BCUT2D eigenvalue weighted by Crippen LogP contribution is -2.13. The quantitative estimate of drug-likeness (QED) is 0.698. The van der Waals surface area contributed by atoms with Crippen molar-refractivity contribution in [2.45, 2.75) is 24.6 Å². The normalized spacial score (nSPS) is 10.4. The van der Waals surface area contributed by atoms with Gasteiger partial charge < -0.3 is 10.6 Å². The molecule has 2 aromatic rings. The number of anilines is 2. The number of rotatable bonds is 8. The lowest BCUT2D eigenvalue weighted by Gasteiger charge is -2.06. The molecule has 2 rings (SSSR count). The molecule has 0 aliphatic heterocycles. The van der Waals surface area contributed by atoms with Crippen LogP contribution in [0.15, 0.2) is 28.6 Å². The molecule has 1 aromatic heterocycles. The van der Waals surface area contributed by atoms with Crippen molar-refractivity contribution in [1.29, 1.82) is 5.26 Å². The predicted molar refractivity (Wildman–Crippen MR) is 98.4 cm³/mol. The van der Waals surface area contributed by atoms with Gasteiger partial charge in [-0.05, 0) is 18.1 Å². The van der Waals surface area contributed by atoms with Crippen LogP contribution in [-0.4, -0.2) is 28.4 Å². The van der Waals surface area contributed by atoms with E-state index in [-0.39, 0.29) is 5.91 Å². The van der Waals surface area contributed by atoms with E-state index in [9.17, 15) is 4.79 Å². The third-order valence-electron chi connectivity index (χ3n) is 2.94. The minimum absolute atomic E-state index is 0.118. The van der Waals surface area contributed by atoms with Gasteiger partial charge in [0, 0.05) is 18.7 Å². The van der Waals surface area contributed by atoms with Crippen molar-refractivity contribution < 1.29 is 4.79 Å². The summed E-state index contributed by atoms with van der Waals surface area (Å²) in [6.07, 6.45) is 0.346. The molecule has 6 nitrogen and oxygen atoms in total. The van der Waals surface area contributed by atoms with Crippen LogP contribution in [0.5, 0.6) is 0 Å². The van der Waals surface area contributed by atoms with Gasteiger partial charge in [0.25, 0.3) is 0 Å². The molecule has 24 heavy (non-hydrogen) atoms. The van der Waals surface area contributed by atoms with Gasteiger partial charge in [0.1, 0.15) is 6.07 Å². The van der Waals surface area contributed by atoms with Crippen LogP contribution < -0.4 is 10.6 Å². The number of nitriles is 1. The Morgan fingerprint density at radius 2 is 2.17 bits per heavy atom. The molecule has 0 unspecified atom stereocenters. The number of thioether (sulfide) groups is 1. The van der Waals surface area contributed by atoms with E-state index in [4.69, 9.17) is 5.26 Å². The van der Waals surface area contributed by atoms with Gasteiger partial charge in [-0.2, -0.15) is 5.26 Å². The molecule has 8 heteroatoms. The maximum atomic E-state index is 12.0. The molecule has 0 fully saturated rings. The maximum absolute atomic E-state index is 12.0. The number of carbonyl (C=O) groups excluding carboxylic acids is 1. The Hall–Kier alpha value is -2.11. The minimum Gasteiger partial charge on any atom is -0.360 e. The van der Waals surface area contributed by atoms with Crippen LogP contribution in [0.3, 0.4) is 0 Å². The van der Waals surface area contributed by atoms with Crippen molar-refractivity contribution >= 4 is 39.8 Å². The fourth-order valence-electron chi connectivity index (χ4n) is 1.76. The fraction of sp³-hybridized carbons (Fsp3) is 0.375. The van der Waals surface area contributed by atoms with Crippen molar-refractivity contribution in [3.8, 4) is 6.07 Å². The number of benzene rings is 1. The summed E-state index contributed by atoms with van der Waals surface area (Å²) in [5, 5.41) is 24.0. The number of amides is 1. The van der Waals surface area contributed by atoms with E-state index in [1.807, 2.05) is 0 Å². The first-order valence-corrected chi connectivity index (χ1v) is 9.38. The highest BCUT2D eigenvalue weighted by Crippen LogP contribution is 2.26. The van der Waals surface area contributed by atoms with E-state index in [1.165, 1.54) is 23.1 Å². The molecule has 1 amide bonds. The molecular weight excluding hydrogens is 342 g/mol. The average molecular weight is 361 g/mol. The Balaban J connectivity index is 1.76. The third-order valence-corrected chi connectivity index (χ3v) is 4.96. The zero-order chi connectivity index (χ0) is 17.4. The van der Waals surface area contributed by atoms with Gasteiger partial charge in [-0.15, -0.1) is 10.2 Å². The SMILES string of the molecule is CC(C)CNc1nnc(SCCC(=O)Nc2ccccc2C#N)s1. The summed E-state index contributed by atoms with van der Waals surface area (Å²) in [5.41, 5.74) is 1.01. The molecule has 1 aromatic carbocycles. The highest BCUT2D eigenvalue weighted by atomic mass is 32.2. The van der Waals surface area contributed by atoms with Crippen LogP contribution in [0.25, 0.3) is 0 Å². The Morgan fingerprint density at radius 1 is 1.38 bits per heavy atom. The lowest BCUT2D eigenvalue weighted by atomic mass is 10.2. The summed E-state index contributed by atoms with van der Waals surface area (Å²) in [4.78, 5) is 12.0. The topological polar surface area (TPSA) is 90.7 Å². The molecular formula is C16H19N5OS2. The van der Waals surface area contributed by atoms with Crippen LogP contribution in [0, 0.1) is 17.2 Å². The van der Waals surface area contributed by atoms with Gasteiger partial charge in [-0.3, -0.25) is 4.79 Å². The van der Waals surface area contributed by atoms with Gasteiger partial charge in [-0.25, -0.2) is 0 Å². The van der Waals surface area contributed by atoms with Gasteiger partial charge in [0.15, 0.2) is 4.34 Å². The van der Waals surface area contributed by atoms with E-state index in [0.29, 0.717) is 29.3 Å². The van der Waals surface area contributed by atoms with Crippen LogP contribution in [0.4, 0.5) is 10.8 Å². The molecule has 0 radical (unpaired) electrons. The molecule has 126 valence electrons. The predicted octanol–water partition coefficient (Wildman–Crippen LogP) is 3.60. The Bertz CT molecular complexity index is 723. The molecule has 1 heterocycles. The van der Waals surface area contributed by atoms with Crippen molar-refractivity contribution in [1.82, 2.24) is 10.2 Å². The number of para-hydroxylation sites is 1. The van der Waals surface area contributed by atoms with E-state index in [2.05, 4.69) is 40.7 Å². The van der Waals surface area contributed by atoms with Crippen LogP contribution >= 0.6 is 23.1 Å². The highest BCUT2D eigenvalue weighted by Gasteiger charge is 2.09. The van der Waals surface area contributed by atoms with Crippen LogP contribution in [0.1, 0.15) is 25.8 Å². The standard InChI is InChI=1S/C16H19N5OS2/c1-11(2)10-18-15-20-21-16(24-15)23-8-7-14(22)19-13-6-4-3-5-12(13)9-17/h3-6,11H,7-8,10H2,1-2H3,(H,18,20)(H,19,22). The summed E-state index contributed by atoms with van der Waals surface area (Å²) in [7, 11) is 0. The molecule has 0 saturated carbocycles. The second kappa shape index (κ2) is 9.25. The summed E-state index contributed by atoms with van der Waals surface area (Å²) < 4.78 is 0.839. The number of hydrogen-bond donors (Lipinski definition) is 2. The fourth-order valence-corrected chi connectivity index (χ4v) is 3.53. The van der Waals surface area contributed by atoms with Gasteiger partial charge in [0.05, 0.1) is 11.3 Å². The average Bonchev–Trinajstić information content (AvgIpc) is 3.01. The number of aromatic nitrogens is 2. The van der Waals surface area contributed by atoms with Gasteiger partial charge in [-0.1, -0.05) is 49.1 Å².